The lowest BCUT2D eigenvalue weighted by Crippen LogP contribution is -2.07. The van der Waals surface area contributed by atoms with Gasteiger partial charge in [0.25, 0.3) is 0 Å². The Morgan fingerprint density at radius 2 is 2.47 bits per heavy atom. The fraction of sp³-hybridized carbons (Fsp3) is 0.111. The van der Waals surface area contributed by atoms with E-state index in [1.54, 1.807) is 22.9 Å². The van der Waals surface area contributed by atoms with Crippen LogP contribution in [-0.4, -0.2) is 20.8 Å². The van der Waals surface area contributed by atoms with Crippen LogP contribution in [0.15, 0.2) is 33.5 Å². The predicted octanol–water partition coefficient (Wildman–Crippen LogP) is 1.99. The number of carboxylic acid groups (broad SMARTS) is 1. The molecule has 0 aliphatic heterocycles. The van der Waals surface area contributed by atoms with Crippen LogP contribution in [0.2, 0.25) is 0 Å². The predicted molar refractivity (Wildman–Crippen MR) is 54.7 cm³/mol. The van der Waals surface area contributed by atoms with E-state index < -0.39 is 5.97 Å². The Hall–Kier alpha value is -1.56. The Morgan fingerprint density at radius 1 is 1.67 bits per heavy atom. The van der Waals surface area contributed by atoms with E-state index in [1.165, 1.54) is 6.20 Å². The number of aromatic nitrogens is 2. The summed E-state index contributed by atoms with van der Waals surface area (Å²) in [5, 5.41) is 12.5. The van der Waals surface area contributed by atoms with Crippen LogP contribution < -0.4 is 0 Å². The van der Waals surface area contributed by atoms with Crippen molar-refractivity contribution in [2.24, 2.45) is 0 Å². The number of halogens is 1. The summed E-state index contributed by atoms with van der Waals surface area (Å²) in [7, 11) is 0. The molecule has 15 heavy (non-hydrogen) atoms. The molecule has 2 rings (SSSR count). The first-order valence-electron chi connectivity index (χ1n) is 4.15. The van der Waals surface area contributed by atoms with Crippen molar-refractivity contribution in [2.45, 2.75) is 6.54 Å². The van der Waals surface area contributed by atoms with Crippen molar-refractivity contribution in [3.63, 3.8) is 0 Å². The lowest BCUT2D eigenvalue weighted by Gasteiger charge is -2.01. The zero-order chi connectivity index (χ0) is 10.8. The van der Waals surface area contributed by atoms with E-state index in [9.17, 15) is 4.79 Å². The number of hydrogen-bond acceptors (Lipinski definition) is 3. The van der Waals surface area contributed by atoms with E-state index in [2.05, 4.69) is 21.1 Å². The monoisotopic (exact) mass is 270 g/mol. The molecule has 0 radical (unpaired) electrons. The summed E-state index contributed by atoms with van der Waals surface area (Å²) >= 11 is 3.22. The van der Waals surface area contributed by atoms with Gasteiger partial charge in [-0.3, -0.25) is 0 Å². The van der Waals surface area contributed by atoms with Gasteiger partial charge in [-0.1, -0.05) is 5.16 Å². The maximum absolute atomic E-state index is 10.9. The molecule has 0 bridgehead atoms. The summed E-state index contributed by atoms with van der Waals surface area (Å²) in [6.07, 6.45) is 3.21. The molecule has 2 heterocycles. The number of hydrogen-bond donors (Lipinski definition) is 1. The van der Waals surface area contributed by atoms with Gasteiger partial charge in [-0.25, -0.2) is 4.79 Å². The quantitative estimate of drug-likeness (QED) is 0.926. The third-order valence-corrected chi connectivity index (χ3v) is 2.33. The lowest BCUT2D eigenvalue weighted by molar-refractivity contribution is 0.0685. The van der Waals surface area contributed by atoms with Gasteiger partial charge >= 0.3 is 5.97 Å². The van der Waals surface area contributed by atoms with Crippen molar-refractivity contribution in [3.05, 3.63) is 40.5 Å². The molecule has 0 aliphatic rings. The minimum Gasteiger partial charge on any atom is -0.477 e. The van der Waals surface area contributed by atoms with Gasteiger partial charge in [0.1, 0.15) is 5.69 Å². The summed E-state index contributed by atoms with van der Waals surface area (Å²) in [5.41, 5.74) is 0.207. The summed E-state index contributed by atoms with van der Waals surface area (Å²) in [6, 6.07) is 3.23. The fourth-order valence-electron chi connectivity index (χ4n) is 1.28. The van der Waals surface area contributed by atoms with E-state index in [-0.39, 0.29) is 5.69 Å². The van der Waals surface area contributed by atoms with Crippen LogP contribution in [-0.2, 0) is 6.54 Å². The molecule has 2 aromatic rings. The smallest absolute Gasteiger partial charge is 0.352 e. The van der Waals surface area contributed by atoms with Crippen molar-refractivity contribution in [3.8, 4) is 0 Å². The Kier molecular flexibility index (Phi) is 2.59. The Bertz CT molecular complexity index is 476. The molecule has 0 aliphatic carbocycles. The van der Waals surface area contributed by atoms with Gasteiger partial charge in [-0.05, 0) is 22.0 Å². The van der Waals surface area contributed by atoms with Crippen LogP contribution in [0.4, 0.5) is 0 Å². The zero-order valence-corrected chi connectivity index (χ0v) is 9.14. The van der Waals surface area contributed by atoms with Crippen molar-refractivity contribution >= 4 is 21.9 Å². The van der Waals surface area contributed by atoms with E-state index in [0.29, 0.717) is 12.3 Å². The second-order valence-electron chi connectivity index (χ2n) is 2.96. The van der Waals surface area contributed by atoms with Crippen LogP contribution in [0.1, 0.15) is 16.2 Å². The average molecular weight is 271 g/mol. The molecule has 78 valence electrons. The first kappa shape index (κ1) is 9.97. The van der Waals surface area contributed by atoms with Gasteiger partial charge in [0, 0.05) is 16.7 Å². The standard InChI is InChI=1S/C9H7BrN2O3/c10-6-3-8(9(13)14)12(4-6)5-7-1-2-11-15-7/h1-4H,5H2,(H,13,14). The Balaban J connectivity index is 2.31. The molecule has 6 heteroatoms. The zero-order valence-electron chi connectivity index (χ0n) is 7.55. The van der Waals surface area contributed by atoms with E-state index in [1.807, 2.05) is 0 Å². The highest BCUT2D eigenvalue weighted by Gasteiger charge is 2.12. The van der Waals surface area contributed by atoms with Crippen molar-refractivity contribution in [1.82, 2.24) is 9.72 Å². The topological polar surface area (TPSA) is 68.3 Å². The number of carbonyl (C=O) groups is 1. The van der Waals surface area contributed by atoms with Crippen LogP contribution in [0.3, 0.4) is 0 Å². The summed E-state index contributed by atoms with van der Waals surface area (Å²) in [6.45, 7) is 0.354. The van der Waals surface area contributed by atoms with E-state index >= 15 is 0 Å². The molecule has 1 N–H and O–H groups in total. The summed E-state index contributed by atoms with van der Waals surface area (Å²) < 4.78 is 7.20. The number of aromatic carboxylic acids is 1. The molecule has 0 fully saturated rings. The molecule has 0 saturated carbocycles. The fourth-order valence-corrected chi connectivity index (χ4v) is 1.74. The second kappa shape index (κ2) is 3.90. The molecular formula is C9H7BrN2O3. The molecule has 0 spiro atoms. The van der Waals surface area contributed by atoms with Gasteiger partial charge in [-0.2, -0.15) is 0 Å². The highest BCUT2D eigenvalue weighted by atomic mass is 79.9. The largest absolute Gasteiger partial charge is 0.477 e. The van der Waals surface area contributed by atoms with Crippen LogP contribution in [0.25, 0.3) is 0 Å². The summed E-state index contributed by atoms with van der Waals surface area (Å²) in [4.78, 5) is 10.9. The van der Waals surface area contributed by atoms with Gasteiger partial charge in [-0.15, -0.1) is 0 Å². The van der Waals surface area contributed by atoms with Crippen molar-refractivity contribution < 1.29 is 14.4 Å². The highest BCUT2D eigenvalue weighted by Crippen LogP contribution is 2.16. The van der Waals surface area contributed by atoms with Gasteiger partial charge in [0.05, 0.1) is 12.7 Å². The minimum absolute atomic E-state index is 0.207. The first-order valence-corrected chi connectivity index (χ1v) is 4.94. The van der Waals surface area contributed by atoms with Crippen LogP contribution >= 0.6 is 15.9 Å². The number of carboxylic acids is 1. The average Bonchev–Trinajstić information content (AvgIpc) is 2.75. The molecule has 0 unspecified atom stereocenters. The van der Waals surface area contributed by atoms with E-state index in [0.717, 1.165) is 4.47 Å². The summed E-state index contributed by atoms with van der Waals surface area (Å²) in [5.74, 6) is -0.360. The second-order valence-corrected chi connectivity index (χ2v) is 3.87. The van der Waals surface area contributed by atoms with Crippen LogP contribution in [0.5, 0.6) is 0 Å². The molecule has 0 saturated heterocycles. The first-order chi connectivity index (χ1) is 7.16. The number of rotatable bonds is 3. The van der Waals surface area contributed by atoms with Gasteiger partial charge < -0.3 is 14.2 Å². The lowest BCUT2D eigenvalue weighted by atomic mass is 10.4. The number of nitrogens with zero attached hydrogens (tertiary/aromatic N) is 2. The minimum atomic E-state index is -0.972. The van der Waals surface area contributed by atoms with E-state index in [4.69, 9.17) is 9.63 Å². The normalized spacial score (nSPS) is 10.5. The Morgan fingerprint density at radius 3 is 3.07 bits per heavy atom. The molecule has 2 aromatic heterocycles. The van der Waals surface area contributed by atoms with Crippen LogP contribution in [0, 0.1) is 0 Å². The van der Waals surface area contributed by atoms with Gasteiger partial charge in [0.15, 0.2) is 5.76 Å². The third kappa shape index (κ3) is 2.10. The molecule has 0 aromatic carbocycles. The molecule has 5 nitrogen and oxygen atoms in total. The van der Waals surface area contributed by atoms with Crippen molar-refractivity contribution in [2.75, 3.05) is 0 Å². The van der Waals surface area contributed by atoms with Crippen molar-refractivity contribution in [1.29, 1.82) is 0 Å². The Labute approximate surface area is 93.4 Å². The highest BCUT2D eigenvalue weighted by molar-refractivity contribution is 9.10. The molecule has 0 atom stereocenters. The molecular weight excluding hydrogens is 264 g/mol. The SMILES string of the molecule is O=C(O)c1cc(Br)cn1Cc1ccno1. The maximum atomic E-state index is 10.9. The van der Waals surface area contributed by atoms with Gasteiger partial charge in [0.2, 0.25) is 0 Å². The molecule has 0 amide bonds. The third-order valence-electron chi connectivity index (χ3n) is 1.90. The maximum Gasteiger partial charge on any atom is 0.352 e.